The fraction of sp³-hybridized carbons (Fsp3) is 0.476. The number of rotatable bonds is 6. The van der Waals surface area contributed by atoms with Crippen LogP contribution in [0.3, 0.4) is 0 Å². The summed E-state index contributed by atoms with van der Waals surface area (Å²) >= 11 is 0. The molecular weight excluding hydrogens is 444 g/mol. The fourth-order valence-corrected chi connectivity index (χ4v) is 3.42. The van der Waals surface area contributed by atoms with E-state index < -0.39 is 67.7 Å². The molecule has 12 nitrogen and oxygen atoms in total. The summed E-state index contributed by atoms with van der Waals surface area (Å²) in [6.45, 7) is -0.669. The average molecular weight is 470 g/mol. The Bertz CT molecular complexity index is 884. The van der Waals surface area contributed by atoms with Gasteiger partial charge in [-0.05, 0) is 23.8 Å². The van der Waals surface area contributed by atoms with Gasteiger partial charge < -0.3 is 55.1 Å². The number of hydrogen-bond donors (Lipinski definition) is 8. The molecule has 8 N–H and O–H groups in total. The van der Waals surface area contributed by atoms with Crippen molar-refractivity contribution in [2.75, 3.05) is 6.61 Å². The molecule has 1 fully saturated rings. The van der Waals surface area contributed by atoms with Crippen molar-refractivity contribution < 1.29 is 59.9 Å². The SMILES string of the molecule is O=C(C=Cc1ccc(O)c(O)c1)O[C@@H]1[C@@H](O)[C@@H](O[C@@H]2O[C@@H](CO)[C@@H](O)[C@@H](O)[C@H]2O)C=C[C@H]1O. The second-order valence-electron chi connectivity index (χ2n) is 7.65. The second kappa shape index (κ2) is 10.6. The molecule has 0 unspecified atom stereocenters. The van der Waals surface area contributed by atoms with Gasteiger partial charge in [-0.2, -0.15) is 0 Å². The van der Waals surface area contributed by atoms with Crippen LogP contribution in [0.1, 0.15) is 5.56 Å². The van der Waals surface area contributed by atoms with E-state index >= 15 is 0 Å². The molecule has 182 valence electrons. The molecule has 33 heavy (non-hydrogen) atoms. The van der Waals surface area contributed by atoms with Gasteiger partial charge in [0, 0.05) is 6.08 Å². The molecule has 3 rings (SSSR count). The Balaban J connectivity index is 1.64. The smallest absolute Gasteiger partial charge is 0.331 e. The second-order valence-corrected chi connectivity index (χ2v) is 7.65. The van der Waals surface area contributed by atoms with Gasteiger partial charge in [-0.3, -0.25) is 0 Å². The summed E-state index contributed by atoms with van der Waals surface area (Å²) < 4.78 is 15.8. The van der Waals surface area contributed by atoms with Crippen molar-refractivity contribution in [2.24, 2.45) is 0 Å². The molecule has 1 heterocycles. The highest BCUT2D eigenvalue weighted by atomic mass is 16.7. The molecule has 1 aliphatic heterocycles. The van der Waals surface area contributed by atoms with Crippen molar-refractivity contribution in [1.29, 1.82) is 0 Å². The zero-order valence-corrected chi connectivity index (χ0v) is 17.2. The summed E-state index contributed by atoms with van der Waals surface area (Å²) in [5.41, 5.74) is 0.371. The maximum atomic E-state index is 12.2. The number of benzene rings is 1. The first kappa shape index (κ1) is 25.1. The van der Waals surface area contributed by atoms with Crippen molar-refractivity contribution in [1.82, 2.24) is 0 Å². The van der Waals surface area contributed by atoms with Gasteiger partial charge in [-0.25, -0.2) is 4.79 Å². The van der Waals surface area contributed by atoms with Crippen LogP contribution in [0.2, 0.25) is 0 Å². The van der Waals surface area contributed by atoms with E-state index in [9.17, 15) is 45.6 Å². The van der Waals surface area contributed by atoms with E-state index in [1.807, 2.05) is 0 Å². The minimum atomic E-state index is -1.71. The highest BCUT2D eigenvalue weighted by molar-refractivity contribution is 5.87. The Morgan fingerprint density at radius 2 is 1.70 bits per heavy atom. The van der Waals surface area contributed by atoms with Crippen LogP contribution in [0.5, 0.6) is 11.5 Å². The minimum Gasteiger partial charge on any atom is -0.504 e. The normalized spacial score (nSPS) is 36.7. The first-order valence-corrected chi connectivity index (χ1v) is 10.0. The van der Waals surface area contributed by atoms with E-state index in [1.54, 1.807) is 0 Å². The number of carbonyl (C=O) groups excluding carboxylic acids is 1. The van der Waals surface area contributed by atoms with Gasteiger partial charge in [0.1, 0.15) is 42.7 Å². The number of aliphatic hydroxyl groups excluding tert-OH is 6. The van der Waals surface area contributed by atoms with Crippen LogP contribution in [0.4, 0.5) is 0 Å². The zero-order valence-electron chi connectivity index (χ0n) is 17.2. The molecule has 0 amide bonds. The number of phenolic OH excluding ortho intramolecular Hbond substituents is 2. The van der Waals surface area contributed by atoms with Crippen molar-refractivity contribution in [3.05, 3.63) is 42.0 Å². The van der Waals surface area contributed by atoms with Gasteiger partial charge >= 0.3 is 5.97 Å². The molecule has 1 aromatic carbocycles. The Morgan fingerprint density at radius 1 is 0.970 bits per heavy atom. The third-order valence-electron chi connectivity index (χ3n) is 5.31. The lowest BCUT2D eigenvalue weighted by molar-refractivity contribution is -0.315. The van der Waals surface area contributed by atoms with Gasteiger partial charge in [0.2, 0.25) is 0 Å². The summed E-state index contributed by atoms with van der Waals surface area (Å²) in [4.78, 5) is 12.2. The summed E-state index contributed by atoms with van der Waals surface area (Å²) in [7, 11) is 0. The fourth-order valence-electron chi connectivity index (χ4n) is 3.42. The Kier molecular flexibility index (Phi) is 8.05. The molecule has 1 aromatic rings. The van der Waals surface area contributed by atoms with Gasteiger partial charge in [-0.1, -0.05) is 18.2 Å². The lowest BCUT2D eigenvalue weighted by atomic mass is 9.95. The van der Waals surface area contributed by atoms with Crippen molar-refractivity contribution in [3.8, 4) is 11.5 Å². The minimum absolute atomic E-state index is 0.333. The van der Waals surface area contributed by atoms with Crippen LogP contribution in [-0.4, -0.2) is 109 Å². The summed E-state index contributed by atoms with van der Waals surface area (Å²) in [5, 5.41) is 78.5. The highest BCUT2D eigenvalue weighted by Crippen LogP contribution is 2.28. The van der Waals surface area contributed by atoms with Gasteiger partial charge in [-0.15, -0.1) is 0 Å². The number of carbonyl (C=O) groups is 1. The third kappa shape index (κ3) is 5.69. The Hall–Kier alpha value is -2.55. The van der Waals surface area contributed by atoms with Crippen LogP contribution in [-0.2, 0) is 19.0 Å². The van der Waals surface area contributed by atoms with Crippen molar-refractivity contribution in [2.45, 2.75) is 55.1 Å². The average Bonchev–Trinajstić information content (AvgIpc) is 2.79. The maximum absolute atomic E-state index is 12.2. The maximum Gasteiger partial charge on any atom is 0.331 e. The molecule has 12 heteroatoms. The molecule has 0 radical (unpaired) electrons. The summed E-state index contributed by atoms with van der Waals surface area (Å²) in [6, 6.07) is 3.85. The molecule has 0 bridgehead atoms. The van der Waals surface area contributed by atoms with Crippen LogP contribution in [0, 0.1) is 0 Å². The summed E-state index contributed by atoms with van der Waals surface area (Å²) in [6.07, 6.45) is -8.74. The van der Waals surface area contributed by atoms with E-state index in [0.717, 1.165) is 6.08 Å². The number of esters is 1. The lowest BCUT2D eigenvalue weighted by Gasteiger charge is -2.42. The van der Waals surface area contributed by atoms with Crippen LogP contribution < -0.4 is 0 Å². The van der Waals surface area contributed by atoms with E-state index in [1.165, 1.54) is 36.4 Å². The quantitative estimate of drug-likeness (QED) is 0.0940. The Morgan fingerprint density at radius 3 is 2.36 bits per heavy atom. The van der Waals surface area contributed by atoms with E-state index in [2.05, 4.69) is 0 Å². The molecular formula is C21H26O12. The molecule has 0 saturated carbocycles. The largest absolute Gasteiger partial charge is 0.504 e. The van der Waals surface area contributed by atoms with Crippen molar-refractivity contribution >= 4 is 12.0 Å². The molecule has 0 aromatic heterocycles. The molecule has 2 aliphatic rings. The van der Waals surface area contributed by atoms with Crippen LogP contribution in [0.25, 0.3) is 6.08 Å². The third-order valence-corrected chi connectivity index (χ3v) is 5.31. The van der Waals surface area contributed by atoms with Crippen molar-refractivity contribution in [3.63, 3.8) is 0 Å². The standard InChI is InChI=1S/C21H26O12/c22-8-14-16(27)18(29)19(30)21(32-14)31-13-5-4-11(24)20(17(13)28)33-15(26)6-2-9-1-3-10(23)12(25)7-9/h1-7,11,13-14,16-25,27-30H,8H2/t11-,13+,14+,16-,17+,18-,19-,20+,21-/m1/s1. The van der Waals surface area contributed by atoms with E-state index in [4.69, 9.17) is 14.2 Å². The molecule has 1 saturated heterocycles. The number of hydrogen-bond acceptors (Lipinski definition) is 12. The Labute approximate surface area is 187 Å². The summed E-state index contributed by atoms with van der Waals surface area (Å²) in [5.74, 6) is -1.66. The van der Waals surface area contributed by atoms with E-state index in [0.29, 0.717) is 5.56 Å². The van der Waals surface area contributed by atoms with Gasteiger partial charge in [0.15, 0.2) is 23.9 Å². The number of aromatic hydroxyl groups is 2. The first-order chi connectivity index (χ1) is 15.6. The van der Waals surface area contributed by atoms with Gasteiger partial charge in [0.25, 0.3) is 0 Å². The van der Waals surface area contributed by atoms with Crippen LogP contribution in [0.15, 0.2) is 36.4 Å². The van der Waals surface area contributed by atoms with E-state index in [-0.39, 0.29) is 11.5 Å². The number of phenols is 2. The monoisotopic (exact) mass is 470 g/mol. The zero-order chi connectivity index (χ0) is 24.3. The van der Waals surface area contributed by atoms with Crippen LogP contribution >= 0.6 is 0 Å². The van der Waals surface area contributed by atoms with Gasteiger partial charge in [0.05, 0.1) is 6.61 Å². The number of aliphatic hydroxyl groups is 6. The molecule has 0 spiro atoms. The molecule has 9 atom stereocenters. The predicted molar refractivity (Wildman–Crippen MR) is 108 cm³/mol. The lowest BCUT2D eigenvalue weighted by Crippen LogP contribution is -2.61. The predicted octanol–water partition coefficient (Wildman–Crippen LogP) is -2.50. The topological polar surface area (TPSA) is 207 Å². The molecule has 1 aliphatic carbocycles. The first-order valence-electron chi connectivity index (χ1n) is 10.0. The highest BCUT2D eigenvalue weighted by Gasteiger charge is 2.47. The number of ether oxygens (including phenoxy) is 3.